The second-order valence-electron chi connectivity index (χ2n) is 2.26. The Balaban J connectivity index is 2.49. The molecular formula is C8H12O2. The molecule has 2 unspecified atom stereocenters. The molecule has 1 heterocycles. The molecule has 0 bridgehead atoms. The predicted molar refractivity (Wildman–Crippen MR) is 39.6 cm³/mol. The van der Waals surface area contributed by atoms with Crippen LogP contribution in [0.15, 0.2) is 25.3 Å². The molecule has 0 aromatic rings. The zero-order chi connectivity index (χ0) is 7.40. The topological polar surface area (TPSA) is 18.5 Å². The van der Waals surface area contributed by atoms with Gasteiger partial charge in [-0.05, 0) is 0 Å². The van der Waals surface area contributed by atoms with Crippen molar-refractivity contribution in [1.82, 2.24) is 0 Å². The first-order valence-corrected chi connectivity index (χ1v) is 3.33. The average molecular weight is 140 g/mol. The van der Waals surface area contributed by atoms with Gasteiger partial charge in [-0.3, -0.25) is 0 Å². The largest absolute Gasteiger partial charge is 0.355 e. The standard InChI is InChI=1S/C8H12O2/c1-3-7-5-9-6-10-8(7)4-2/h3-4,7-8H,1-2,5-6H2. The summed E-state index contributed by atoms with van der Waals surface area (Å²) in [6.45, 7) is 8.40. The van der Waals surface area contributed by atoms with Crippen molar-refractivity contribution in [2.45, 2.75) is 6.10 Å². The third kappa shape index (κ3) is 1.46. The molecule has 10 heavy (non-hydrogen) atoms. The molecule has 1 saturated heterocycles. The van der Waals surface area contributed by atoms with Gasteiger partial charge in [0.1, 0.15) is 6.79 Å². The van der Waals surface area contributed by atoms with E-state index < -0.39 is 0 Å². The van der Waals surface area contributed by atoms with Crippen molar-refractivity contribution in [3.63, 3.8) is 0 Å². The van der Waals surface area contributed by atoms with E-state index in [-0.39, 0.29) is 12.0 Å². The molecule has 1 aliphatic heterocycles. The number of rotatable bonds is 2. The van der Waals surface area contributed by atoms with Crippen molar-refractivity contribution in [2.75, 3.05) is 13.4 Å². The summed E-state index contributed by atoms with van der Waals surface area (Å²) in [5, 5.41) is 0. The molecule has 1 aliphatic rings. The summed E-state index contributed by atoms with van der Waals surface area (Å²) in [5.41, 5.74) is 0. The van der Waals surface area contributed by atoms with Crippen molar-refractivity contribution in [3.05, 3.63) is 25.3 Å². The Hall–Kier alpha value is -0.600. The van der Waals surface area contributed by atoms with Crippen molar-refractivity contribution >= 4 is 0 Å². The molecule has 56 valence electrons. The average Bonchev–Trinajstić information content (AvgIpc) is 2.04. The monoisotopic (exact) mass is 140 g/mol. The summed E-state index contributed by atoms with van der Waals surface area (Å²) >= 11 is 0. The lowest BCUT2D eigenvalue weighted by atomic mass is 10.0. The minimum Gasteiger partial charge on any atom is -0.355 e. The third-order valence-electron chi connectivity index (χ3n) is 1.61. The fourth-order valence-electron chi connectivity index (χ4n) is 0.974. The van der Waals surface area contributed by atoms with E-state index in [4.69, 9.17) is 9.47 Å². The van der Waals surface area contributed by atoms with Crippen LogP contribution in [0.5, 0.6) is 0 Å². The Morgan fingerprint density at radius 1 is 1.30 bits per heavy atom. The summed E-state index contributed by atoms with van der Waals surface area (Å²) in [6.07, 6.45) is 3.71. The maximum atomic E-state index is 5.22. The van der Waals surface area contributed by atoms with Crippen LogP contribution in [0.25, 0.3) is 0 Å². The highest BCUT2D eigenvalue weighted by Crippen LogP contribution is 2.15. The lowest BCUT2D eigenvalue weighted by Crippen LogP contribution is -2.31. The minimum atomic E-state index is 0.0891. The summed E-state index contributed by atoms with van der Waals surface area (Å²) < 4.78 is 10.3. The van der Waals surface area contributed by atoms with Crippen LogP contribution in [0, 0.1) is 5.92 Å². The normalized spacial score (nSPS) is 33.2. The van der Waals surface area contributed by atoms with E-state index >= 15 is 0 Å². The van der Waals surface area contributed by atoms with Crippen LogP contribution in [0.2, 0.25) is 0 Å². The van der Waals surface area contributed by atoms with Crippen LogP contribution in [0.1, 0.15) is 0 Å². The Kier molecular flexibility index (Phi) is 2.66. The van der Waals surface area contributed by atoms with Gasteiger partial charge in [-0.1, -0.05) is 12.2 Å². The van der Waals surface area contributed by atoms with E-state index in [9.17, 15) is 0 Å². The van der Waals surface area contributed by atoms with Crippen LogP contribution in [0.4, 0.5) is 0 Å². The molecule has 0 aliphatic carbocycles. The van der Waals surface area contributed by atoms with Gasteiger partial charge in [-0.2, -0.15) is 0 Å². The number of hydrogen-bond donors (Lipinski definition) is 0. The van der Waals surface area contributed by atoms with Gasteiger partial charge in [0.05, 0.1) is 12.7 Å². The Labute approximate surface area is 61.1 Å². The van der Waals surface area contributed by atoms with Crippen molar-refractivity contribution in [1.29, 1.82) is 0 Å². The molecule has 0 saturated carbocycles. The Bertz CT molecular complexity index is 115. The predicted octanol–water partition coefficient (Wildman–Crippen LogP) is 1.35. The van der Waals surface area contributed by atoms with E-state index in [1.54, 1.807) is 6.08 Å². The van der Waals surface area contributed by atoms with Gasteiger partial charge in [-0.15, -0.1) is 13.2 Å². The van der Waals surface area contributed by atoms with E-state index in [1.807, 2.05) is 6.08 Å². The first-order chi connectivity index (χ1) is 4.88. The maximum Gasteiger partial charge on any atom is 0.147 e. The van der Waals surface area contributed by atoms with Crippen LogP contribution in [-0.2, 0) is 9.47 Å². The summed E-state index contributed by atoms with van der Waals surface area (Å²) in [4.78, 5) is 0. The molecular weight excluding hydrogens is 128 g/mol. The molecule has 1 fully saturated rings. The summed E-state index contributed by atoms with van der Waals surface area (Å²) in [5.74, 6) is 0.270. The van der Waals surface area contributed by atoms with E-state index in [0.29, 0.717) is 13.4 Å². The van der Waals surface area contributed by atoms with Crippen LogP contribution >= 0.6 is 0 Å². The van der Waals surface area contributed by atoms with Crippen LogP contribution in [0.3, 0.4) is 0 Å². The van der Waals surface area contributed by atoms with E-state index in [1.165, 1.54) is 0 Å². The van der Waals surface area contributed by atoms with E-state index in [2.05, 4.69) is 13.2 Å². The summed E-state index contributed by atoms with van der Waals surface area (Å²) in [6, 6.07) is 0. The van der Waals surface area contributed by atoms with Crippen LogP contribution < -0.4 is 0 Å². The maximum absolute atomic E-state index is 5.22. The lowest BCUT2D eigenvalue weighted by molar-refractivity contribution is -0.142. The van der Waals surface area contributed by atoms with E-state index in [0.717, 1.165) is 0 Å². The Morgan fingerprint density at radius 3 is 2.60 bits per heavy atom. The Morgan fingerprint density at radius 2 is 2.10 bits per heavy atom. The number of ether oxygens (including phenoxy) is 2. The highest BCUT2D eigenvalue weighted by molar-refractivity contribution is 4.95. The van der Waals surface area contributed by atoms with Gasteiger partial charge in [0.25, 0.3) is 0 Å². The van der Waals surface area contributed by atoms with Crippen LogP contribution in [-0.4, -0.2) is 19.5 Å². The van der Waals surface area contributed by atoms with Gasteiger partial charge in [0, 0.05) is 5.92 Å². The summed E-state index contributed by atoms with van der Waals surface area (Å²) in [7, 11) is 0. The second kappa shape index (κ2) is 3.54. The van der Waals surface area contributed by atoms with Gasteiger partial charge < -0.3 is 9.47 Å². The molecule has 0 N–H and O–H groups in total. The fraction of sp³-hybridized carbons (Fsp3) is 0.500. The highest BCUT2D eigenvalue weighted by atomic mass is 16.7. The molecule has 2 heteroatoms. The molecule has 0 radical (unpaired) electrons. The molecule has 0 spiro atoms. The van der Waals surface area contributed by atoms with Gasteiger partial charge in [0.2, 0.25) is 0 Å². The van der Waals surface area contributed by atoms with Crippen molar-refractivity contribution < 1.29 is 9.47 Å². The quantitative estimate of drug-likeness (QED) is 0.539. The zero-order valence-electron chi connectivity index (χ0n) is 5.95. The van der Waals surface area contributed by atoms with Gasteiger partial charge in [-0.25, -0.2) is 0 Å². The first kappa shape index (κ1) is 7.51. The fourth-order valence-corrected chi connectivity index (χ4v) is 0.974. The zero-order valence-corrected chi connectivity index (χ0v) is 5.95. The smallest absolute Gasteiger partial charge is 0.147 e. The molecule has 2 nitrogen and oxygen atoms in total. The highest BCUT2D eigenvalue weighted by Gasteiger charge is 2.20. The molecule has 0 amide bonds. The van der Waals surface area contributed by atoms with Gasteiger partial charge in [0.15, 0.2) is 0 Å². The number of hydrogen-bond acceptors (Lipinski definition) is 2. The molecule has 0 aromatic carbocycles. The van der Waals surface area contributed by atoms with Crippen molar-refractivity contribution in [3.8, 4) is 0 Å². The second-order valence-corrected chi connectivity index (χ2v) is 2.26. The molecule has 0 aromatic heterocycles. The first-order valence-electron chi connectivity index (χ1n) is 3.33. The molecule has 1 rings (SSSR count). The lowest BCUT2D eigenvalue weighted by Gasteiger charge is -2.26. The molecule has 2 atom stereocenters. The third-order valence-corrected chi connectivity index (χ3v) is 1.61. The SMILES string of the molecule is C=CC1COCOC1C=C. The minimum absolute atomic E-state index is 0.0891. The van der Waals surface area contributed by atoms with Gasteiger partial charge >= 0.3 is 0 Å². The van der Waals surface area contributed by atoms with Crippen molar-refractivity contribution in [2.24, 2.45) is 5.92 Å².